The average molecular weight is 346 g/mol. The van der Waals surface area contributed by atoms with Gasteiger partial charge in [-0.3, -0.25) is 9.24 Å². The summed E-state index contributed by atoms with van der Waals surface area (Å²) in [5.41, 5.74) is 3.47. The number of fused-ring (bicyclic) bond motifs is 1. The molecule has 1 aromatic heterocycles. The minimum Gasteiger partial charge on any atom is -0.450 e. The summed E-state index contributed by atoms with van der Waals surface area (Å²) in [6.07, 6.45) is 2.62. The molecular weight excluding hydrogens is 328 g/mol. The highest BCUT2D eigenvalue weighted by Gasteiger charge is 2.24. The van der Waals surface area contributed by atoms with Gasteiger partial charge in [-0.2, -0.15) is 0 Å². The van der Waals surface area contributed by atoms with Crippen LogP contribution >= 0.6 is 37.6 Å². The molecule has 0 amide bonds. The molecule has 0 radical (unpaired) electrons. The number of rotatable bonds is 4. The van der Waals surface area contributed by atoms with Crippen molar-refractivity contribution in [2.24, 2.45) is 0 Å². The predicted octanol–water partition coefficient (Wildman–Crippen LogP) is 2.71. The van der Waals surface area contributed by atoms with Crippen molar-refractivity contribution < 1.29 is 9.32 Å². The van der Waals surface area contributed by atoms with Crippen LogP contribution in [-0.2, 0) is 15.7 Å². The lowest BCUT2D eigenvalue weighted by atomic mass is 10.0. The van der Waals surface area contributed by atoms with Crippen molar-refractivity contribution >= 4 is 54.5 Å². The summed E-state index contributed by atoms with van der Waals surface area (Å²) in [6, 6.07) is 5.95. The smallest absolute Gasteiger partial charge is 0.326 e. The van der Waals surface area contributed by atoms with Crippen molar-refractivity contribution in [2.45, 2.75) is 19.4 Å². The van der Waals surface area contributed by atoms with Crippen molar-refractivity contribution in [2.75, 3.05) is 0 Å². The molecule has 0 saturated heterocycles. The van der Waals surface area contributed by atoms with Crippen molar-refractivity contribution in [3.05, 3.63) is 35.5 Å². The molecule has 5 atom stereocenters. The van der Waals surface area contributed by atoms with E-state index < -0.39 is 0 Å². The maximum absolute atomic E-state index is 11.8. The standard InChI is InChI=1S/C12H18N2O2P4/c1-7-2-3-9-8(6-13(17)10(9)4-7)5-11(14(18)19)12(15)16-20/h2-4,6,11H,5,17-20H2,1H3. The van der Waals surface area contributed by atoms with E-state index in [2.05, 4.69) is 53.3 Å². The molecule has 0 N–H and O–H groups in total. The molecule has 1 aromatic carbocycles. The van der Waals surface area contributed by atoms with E-state index in [9.17, 15) is 4.79 Å². The minimum atomic E-state index is -0.362. The number of benzene rings is 1. The zero-order valence-electron chi connectivity index (χ0n) is 11.1. The quantitative estimate of drug-likeness (QED) is 0.799. The number of hydrogen-bond acceptors (Lipinski definition) is 3. The molecule has 0 saturated carbocycles. The van der Waals surface area contributed by atoms with Crippen LogP contribution in [0.15, 0.2) is 24.4 Å². The van der Waals surface area contributed by atoms with Gasteiger partial charge < -0.3 is 8.86 Å². The van der Waals surface area contributed by atoms with Gasteiger partial charge in [0.2, 0.25) is 0 Å². The second kappa shape index (κ2) is 6.78. The molecule has 0 fully saturated rings. The molecule has 4 nitrogen and oxygen atoms in total. The van der Waals surface area contributed by atoms with Gasteiger partial charge in [-0.25, -0.2) is 0 Å². The number of carbonyl (C=O) groups is 1. The van der Waals surface area contributed by atoms with Gasteiger partial charge >= 0.3 is 5.97 Å². The van der Waals surface area contributed by atoms with Crippen LogP contribution in [0.3, 0.4) is 0 Å². The molecule has 2 aromatic rings. The van der Waals surface area contributed by atoms with Crippen LogP contribution in [0.25, 0.3) is 10.9 Å². The van der Waals surface area contributed by atoms with Crippen LogP contribution < -0.4 is 0 Å². The van der Waals surface area contributed by atoms with Crippen LogP contribution in [-0.4, -0.2) is 20.8 Å². The summed E-state index contributed by atoms with van der Waals surface area (Å²) in [5, 5.41) is 1.16. The van der Waals surface area contributed by atoms with E-state index in [1.165, 1.54) is 5.56 Å². The molecule has 0 aliphatic rings. The van der Waals surface area contributed by atoms with Crippen LogP contribution in [0.4, 0.5) is 0 Å². The molecule has 1 heterocycles. The maximum atomic E-state index is 11.8. The third-order valence-electron chi connectivity index (χ3n) is 3.23. The lowest BCUT2D eigenvalue weighted by Crippen LogP contribution is -2.31. The summed E-state index contributed by atoms with van der Waals surface area (Å²) in [6.45, 7) is 2.07. The zero-order chi connectivity index (χ0) is 14.9. The van der Waals surface area contributed by atoms with E-state index in [-0.39, 0.29) is 12.0 Å². The molecule has 108 valence electrons. The van der Waals surface area contributed by atoms with Crippen molar-refractivity contribution in [3.63, 3.8) is 0 Å². The minimum absolute atomic E-state index is 0.281. The Morgan fingerprint density at radius 2 is 2.15 bits per heavy atom. The highest BCUT2D eigenvalue weighted by molar-refractivity contribution is 7.31. The highest BCUT2D eigenvalue weighted by Crippen LogP contribution is 2.28. The summed E-state index contributed by atoms with van der Waals surface area (Å²) in [5.74, 6) is -0.281. The van der Waals surface area contributed by atoms with Crippen LogP contribution in [0.2, 0.25) is 0 Å². The topological polar surface area (TPSA) is 34.5 Å². The van der Waals surface area contributed by atoms with Gasteiger partial charge in [0.15, 0.2) is 0 Å². The van der Waals surface area contributed by atoms with Crippen molar-refractivity contribution in [3.8, 4) is 0 Å². The van der Waals surface area contributed by atoms with Gasteiger partial charge in [0.25, 0.3) is 0 Å². The summed E-state index contributed by atoms with van der Waals surface area (Å²) in [7, 11) is 9.68. The maximum Gasteiger partial charge on any atom is 0.326 e. The second-order valence-corrected chi connectivity index (χ2v) is 7.27. The van der Waals surface area contributed by atoms with Crippen molar-refractivity contribution in [1.82, 2.24) is 8.78 Å². The lowest BCUT2D eigenvalue weighted by molar-refractivity contribution is -0.136. The van der Waals surface area contributed by atoms with Gasteiger partial charge in [0.1, 0.15) is 6.04 Å². The van der Waals surface area contributed by atoms with Crippen LogP contribution in [0, 0.1) is 6.92 Å². The number of carbonyl (C=O) groups excluding carboxylic acids is 1. The molecule has 0 aliphatic carbocycles. The average Bonchev–Trinajstić information content (AvgIpc) is 2.71. The third-order valence-corrected chi connectivity index (χ3v) is 4.61. The van der Waals surface area contributed by atoms with Gasteiger partial charge in [-0.1, -0.05) is 30.9 Å². The fraction of sp³-hybridized carbons (Fsp3) is 0.250. The van der Waals surface area contributed by atoms with Gasteiger partial charge in [0, 0.05) is 18.0 Å². The Hall–Kier alpha value is -0.0900. The first-order valence-electron chi connectivity index (χ1n) is 5.99. The summed E-state index contributed by atoms with van der Waals surface area (Å²) < 4.78 is 8.51. The summed E-state index contributed by atoms with van der Waals surface area (Å²) in [4.78, 5) is 11.8. The Morgan fingerprint density at radius 1 is 1.45 bits per heavy atom. The number of nitrogens with zero attached hydrogens (tertiary/aromatic N) is 2. The monoisotopic (exact) mass is 346 g/mol. The Bertz CT molecular complexity index is 642. The normalized spacial score (nSPS) is 12.9. The van der Waals surface area contributed by atoms with Crippen LogP contribution in [0.5, 0.6) is 0 Å². The van der Waals surface area contributed by atoms with Gasteiger partial charge in [0.05, 0.1) is 15.0 Å². The number of aryl methyl sites for hydroxylation is 1. The van der Waals surface area contributed by atoms with Crippen molar-refractivity contribution in [1.29, 1.82) is 0 Å². The Kier molecular flexibility index (Phi) is 5.52. The highest BCUT2D eigenvalue weighted by atomic mass is 31.1. The van der Waals surface area contributed by atoms with Crippen LogP contribution in [0.1, 0.15) is 11.1 Å². The predicted molar refractivity (Wildman–Crippen MR) is 96.3 cm³/mol. The second-order valence-electron chi connectivity index (χ2n) is 4.69. The molecule has 0 spiro atoms. The summed E-state index contributed by atoms with van der Waals surface area (Å²) >= 11 is 0. The molecule has 5 unspecified atom stereocenters. The lowest BCUT2D eigenvalue weighted by Gasteiger charge is -2.20. The van der Waals surface area contributed by atoms with E-state index in [4.69, 9.17) is 4.52 Å². The molecular formula is C12H18N2O2P4. The first kappa shape index (κ1) is 16.3. The molecule has 8 heteroatoms. The van der Waals surface area contributed by atoms with E-state index in [0.29, 0.717) is 6.42 Å². The first-order valence-corrected chi connectivity index (χ1v) is 8.01. The van der Waals surface area contributed by atoms with E-state index >= 15 is 0 Å². The Morgan fingerprint density at radius 3 is 2.75 bits per heavy atom. The van der Waals surface area contributed by atoms with E-state index in [1.807, 2.05) is 20.0 Å². The molecule has 2 rings (SSSR count). The largest absolute Gasteiger partial charge is 0.450 e. The van der Waals surface area contributed by atoms with Gasteiger partial charge in [-0.15, -0.1) is 0 Å². The fourth-order valence-corrected chi connectivity index (χ4v) is 3.20. The zero-order valence-corrected chi connectivity index (χ0v) is 15.7. The van der Waals surface area contributed by atoms with Gasteiger partial charge in [-0.05, 0) is 33.5 Å². The molecule has 0 bridgehead atoms. The Balaban J connectivity index is 2.40. The Labute approximate surface area is 128 Å². The van der Waals surface area contributed by atoms with E-state index in [1.54, 1.807) is 4.44 Å². The molecule has 0 aliphatic heterocycles. The fourth-order valence-electron chi connectivity index (χ4n) is 2.19. The number of hydrogen-bond donors (Lipinski definition) is 0. The van der Waals surface area contributed by atoms with E-state index in [0.717, 1.165) is 16.5 Å². The third kappa shape index (κ3) is 3.38. The number of aromatic nitrogens is 1. The first-order chi connectivity index (χ1) is 9.43. The SMILES string of the molecule is Cc1ccc2c(CC(C(=O)OP)N(P)P)cn(P)c2c1. The molecule has 20 heavy (non-hydrogen) atoms.